The van der Waals surface area contributed by atoms with E-state index in [1.807, 2.05) is 29.6 Å². The summed E-state index contributed by atoms with van der Waals surface area (Å²) in [7, 11) is 3.24. The molecule has 3 heterocycles. The molecule has 0 saturated carbocycles. The van der Waals surface area contributed by atoms with Gasteiger partial charge in [0.05, 0.1) is 41.7 Å². The molecule has 0 bridgehead atoms. The van der Waals surface area contributed by atoms with Gasteiger partial charge in [0.1, 0.15) is 11.5 Å². The number of nitrogens with zero attached hydrogens (tertiary/aromatic N) is 3. The maximum absolute atomic E-state index is 12.7. The van der Waals surface area contributed by atoms with Gasteiger partial charge in [-0.25, -0.2) is 9.97 Å². The van der Waals surface area contributed by atoms with Crippen LogP contribution >= 0.6 is 22.7 Å². The van der Waals surface area contributed by atoms with Gasteiger partial charge in [0, 0.05) is 22.9 Å². The molecule has 0 atom stereocenters. The van der Waals surface area contributed by atoms with Gasteiger partial charge in [-0.1, -0.05) is 12.1 Å². The summed E-state index contributed by atoms with van der Waals surface area (Å²) in [6.45, 7) is 2.15. The van der Waals surface area contributed by atoms with Gasteiger partial charge in [-0.05, 0) is 50.2 Å². The number of methoxy groups -OCH3 is 2. The van der Waals surface area contributed by atoms with Gasteiger partial charge in [-0.2, -0.15) is 0 Å². The molecule has 1 fully saturated rings. The first kappa shape index (κ1) is 22.8. The van der Waals surface area contributed by atoms with Crippen molar-refractivity contribution >= 4 is 43.9 Å². The number of hydrogen-bond acceptors (Lipinski definition) is 8. The zero-order valence-electron chi connectivity index (χ0n) is 19.1. The monoisotopic (exact) mass is 494 g/mol. The lowest BCUT2D eigenvalue weighted by molar-refractivity contribution is -0.117. The van der Waals surface area contributed by atoms with Gasteiger partial charge in [-0.15, -0.1) is 22.7 Å². The highest BCUT2D eigenvalue weighted by molar-refractivity contribution is 7.18. The molecule has 0 radical (unpaired) electrons. The molecule has 1 aliphatic heterocycles. The third-order valence-corrected chi connectivity index (χ3v) is 8.01. The summed E-state index contributed by atoms with van der Waals surface area (Å²) in [5, 5.41) is 6.67. The first-order valence-corrected chi connectivity index (χ1v) is 12.9. The molecule has 0 aliphatic carbocycles. The first-order chi connectivity index (χ1) is 16.6. The van der Waals surface area contributed by atoms with Crippen molar-refractivity contribution in [1.29, 1.82) is 0 Å². The van der Waals surface area contributed by atoms with Crippen LogP contribution in [0.5, 0.6) is 11.5 Å². The van der Waals surface area contributed by atoms with Crippen LogP contribution in [0.25, 0.3) is 21.5 Å². The van der Waals surface area contributed by atoms with Crippen molar-refractivity contribution in [1.82, 2.24) is 14.9 Å². The third kappa shape index (κ3) is 4.91. The fourth-order valence-corrected chi connectivity index (χ4v) is 6.09. The highest BCUT2D eigenvalue weighted by Gasteiger charge is 2.24. The summed E-state index contributed by atoms with van der Waals surface area (Å²) in [5.41, 5.74) is 2.70. The number of anilines is 1. The summed E-state index contributed by atoms with van der Waals surface area (Å²) in [6.07, 6.45) is 2.04. The maximum atomic E-state index is 12.7. The van der Waals surface area contributed by atoms with E-state index in [1.165, 1.54) is 21.0 Å². The number of nitrogens with one attached hydrogen (secondary N) is 1. The fourth-order valence-electron chi connectivity index (χ4n) is 4.23. The largest absolute Gasteiger partial charge is 0.497 e. The van der Waals surface area contributed by atoms with Crippen LogP contribution in [0.3, 0.4) is 0 Å². The Morgan fingerprint density at radius 2 is 1.94 bits per heavy atom. The van der Waals surface area contributed by atoms with Crippen molar-refractivity contribution in [2.75, 3.05) is 39.2 Å². The Labute approximate surface area is 206 Å². The number of benzene rings is 2. The molecular weight excluding hydrogens is 468 g/mol. The molecule has 1 amide bonds. The summed E-state index contributed by atoms with van der Waals surface area (Å²) in [4.78, 5) is 24.3. The Morgan fingerprint density at radius 3 is 2.71 bits per heavy atom. The SMILES string of the molecule is COc1ccc(-c2csc(NC(=O)CN3CCC(c4nc5ccccc5s4)CC3)n2)c(OC)c1. The van der Waals surface area contributed by atoms with E-state index in [1.54, 1.807) is 25.6 Å². The summed E-state index contributed by atoms with van der Waals surface area (Å²) >= 11 is 3.20. The van der Waals surface area contributed by atoms with Crippen LogP contribution in [0.2, 0.25) is 0 Å². The number of carbonyl (C=O) groups excluding carboxylic acids is 1. The quantitative estimate of drug-likeness (QED) is 0.378. The second-order valence-corrected chi connectivity index (χ2v) is 10.1. The van der Waals surface area contributed by atoms with Crippen molar-refractivity contribution in [3.8, 4) is 22.8 Å². The lowest BCUT2D eigenvalue weighted by atomic mass is 9.97. The van der Waals surface area contributed by atoms with Gasteiger partial charge in [0.2, 0.25) is 5.91 Å². The molecule has 1 aliphatic rings. The number of aromatic nitrogens is 2. The topological polar surface area (TPSA) is 76.6 Å². The predicted octanol–water partition coefficient (Wildman–Crippen LogP) is 5.26. The molecule has 4 aromatic rings. The maximum Gasteiger partial charge on any atom is 0.240 e. The number of rotatable bonds is 7. The lowest BCUT2D eigenvalue weighted by Gasteiger charge is -2.30. The number of para-hydroxylation sites is 1. The Morgan fingerprint density at radius 1 is 1.12 bits per heavy atom. The van der Waals surface area contributed by atoms with Gasteiger partial charge >= 0.3 is 0 Å². The van der Waals surface area contributed by atoms with Gasteiger partial charge < -0.3 is 14.8 Å². The van der Waals surface area contributed by atoms with E-state index in [2.05, 4.69) is 33.4 Å². The number of hydrogen-bond donors (Lipinski definition) is 1. The minimum absolute atomic E-state index is 0.0407. The van der Waals surface area contributed by atoms with E-state index >= 15 is 0 Å². The van der Waals surface area contributed by atoms with Crippen LogP contribution in [-0.4, -0.2) is 54.6 Å². The number of thiazole rings is 2. The molecule has 2 aromatic heterocycles. The molecule has 1 N–H and O–H groups in total. The smallest absolute Gasteiger partial charge is 0.240 e. The molecule has 176 valence electrons. The predicted molar refractivity (Wildman–Crippen MR) is 137 cm³/mol. The van der Waals surface area contributed by atoms with Crippen molar-refractivity contribution in [2.45, 2.75) is 18.8 Å². The molecule has 5 rings (SSSR count). The molecule has 1 saturated heterocycles. The first-order valence-electron chi connectivity index (χ1n) is 11.2. The standard InChI is InChI=1S/C25H26N4O3S2/c1-31-17-7-8-18(21(13-17)32-2)20-15-33-25(27-20)28-23(30)14-29-11-9-16(10-12-29)24-26-19-5-3-4-6-22(19)34-24/h3-8,13,15-16H,9-12,14H2,1-2H3,(H,27,28,30). The number of piperidine rings is 1. The van der Waals surface area contributed by atoms with Crippen molar-refractivity contribution in [3.05, 3.63) is 52.9 Å². The molecule has 9 heteroatoms. The van der Waals surface area contributed by atoms with Crippen LogP contribution in [0, 0.1) is 0 Å². The van der Waals surface area contributed by atoms with Crippen LogP contribution in [0.15, 0.2) is 47.8 Å². The van der Waals surface area contributed by atoms with Crippen LogP contribution in [-0.2, 0) is 4.79 Å². The summed E-state index contributed by atoms with van der Waals surface area (Å²) in [5.74, 6) is 1.83. The number of likely N-dealkylation sites (tertiary alicyclic amines) is 1. The van der Waals surface area contributed by atoms with Crippen LogP contribution in [0.4, 0.5) is 5.13 Å². The van der Waals surface area contributed by atoms with Gasteiger partial charge in [0.15, 0.2) is 5.13 Å². The van der Waals surface area contributed by atoms with E-state index in [-0.39, 0.29) is 5.91 Å². The fraction of sp³-hybridized carbons (Fsp3) is 0.320. The summed E-state index contributed by atoms with van der Waals surface area (Å²) in [6, 6.07) is 13.9. The Kier molecular flexibility index (Phi) is 6.75. The Bertz CT molecular complexity index is 1260. The van der Waals surface area contributed by atoms with Crippen LogP contribution < -0.4 is 14.8 Å². The Hall–Kier alpha value is -3.01. The summed E-state index contributed by atoms with van der Waals surface area (Å²) < 4.78 is 12.0. The van der Waals surface area contributed by atoms with Crippen molar-refractivity contribution in [2.24, 2.45) is 0 Å². The average Bonchev–Trinajstić information content (AvgIpc) is 3.51. The minimum atomic E-state index is -0.0407. The lowest BCUT2D eigenvalue weighted by Crippen LogP contribution is -2.38. The second-order valence-electron chi connectivity index (χ2n) is 8.22. The second kappa shape index (κ2) is 10.1. The number of ether oxygens (including phenoxy) is 2. The number of fused-ring (bicyclic) bond motifs is 1. The normalized spacial score (nSPS) is 14.9. The van der Waals surface area contributed by atoms with E-state index < -0.39 is 0 Å². The molecule has 2 aromatic carbocycles. The van der Waals surface area contributed by atoms with Crippen LogP contribution in [0.1, 0.15) is 23.8 Å². The number of amides is 1. The van der Waals surface area contributed by atoms with E-state index in [0.717, 1.165) is 48.5 Å². The van der Waals surface area contributed by atoms with E-state index in [9.17, 15) is 4.79 Å². The van der Waals surface area contributed by atoms with E-state index in [0.29, 0.717) is 23.3 Å². The highest BCUT2D eigenvalue weighted by atomic mass is 32.1. The number of carbonyl (C=O) groups is 1. The molecular formula is C25H26N4O3S2. The third-order valence-electron chi connectivity index (χ3n) is 6.05. The average molecular weight is 495 g/mol. The highest BCUT2D eigenvalue weighted by Crippen LogP contribution is 2.35. The zero-order chi connectivity index (χ0) is 23.5. The van der Waals surface area contributed by atoms with Gasteiger partial charge in [0.25, 0.3) is 0 Å². The minimum Gasteiger partial charge on any atom is -0.497 e. The van der Waals surface area contributed by atoms with Crippen molar-refractivity contribution < 1.29 is 14.3 Å². The molecule has 0 spiro atoms. The molecule has 34 heavy (non-hydrogen) atoms. The van der Waals surface area contributed by atoms with Crippen molar-refractivity contribution in [3.63, 3.8) is 0 Å². The molecule has 7 nitrogen and oxygen atoms in total. The zero-order valence-corrected chi connectivity index (χ0v) is 20.7. The van der Waals surface area contributed by atoms with Gasteiger partial charge in [-0.3, -0.25) is 9.69 Å². The molecule has 0 unspecified atom stereocenters. The van der Waals surface area contributed by atoms with E-state index in [4.69, 9.17) is 14.5 Å². The Balaban J connectivity index is 1.16.